The molecular formula is C18H23N3O2. The van der Waals surface area contributed by atoms with Gasteiger partial charge < -0.3 is 15.8 Å². The molecule has 2 aromatic rings. The van der Waals surface area contributed by atoms with Crippen LogP contribution in [0.1, 0.15) is 32.1 Å². The molecule has 1 amide bonds. The lowest BCUT2D eigenvalue weighted by molar-refractivity contribution is -0.116. The molecule has 1 heterocycles. The van der Waals surface area contributed by atoms with E-state index in [0.29, 0.717) is 17.9 Å². The Hall–Kier alpha value is -2.40. The van der Waals surface area contributed by atoms with Crippen LogP contribution < -0.4 is 15.8 Å². The average molecular weight is 313 g/mol. The highest BCUT2D eigenvalue weighted by Gasteiger charge is 2.04. The maximum atomic E-state index is 11.9. The first-order valence-corrected chi connectivity index (χ1v) is 7.96. The van der Waals surface area contributed by atoms with Crippen LogP contribution >= 0.6 is 0 Å². The van der Waals surface area contributed by atoms with Crippen LogP contribution in [0.5, 0.6) is 11.5 Å². The summed E-state index contributed by atoms with van der Waals surface area (Å²) in [5.41, 5.74) is 6.19. The Morgan fingerprint density at radius 1 is 1.04 bits per heavy atom. The summed E-state index contributed by atoms with van der Waals surface area (Å²) in [6.45, 7) is 0.719. The van der Waals surface area contributed by atoms with Crippen molar-refractivity contribution in [3.05, 3.63) is 48.8 Å². The topological polar surface area (TPSA) is 77.2 Å². The number of anilines is 1. The Labute approximate surface area is 136 Å². The van der Waals surface area contributed by atoms with E-state index in [-0.39, 0.29) is 5.91 Å². The Morgan fingerprint density at radius 2 is 1.83 bits per heavy atom. The number of ether oxygens (including phenoxy) is 1. The van der Waals surface area contributed by atoms with Crippen LogP contribution in [0.15, 0.2) is 48.8 Å². The number of nitrogens with zero attached hydrogens (tertiary/aromatic N) is 1. The van der Waals surface area contributed by atoms with Crippen molar-refractivity contribution in [3.8, 4) is 11.5 Å². The van der Waals surface area contributed by atoms with Crippen molar-refractivity contribution in [3.63, 3.8) is 0 Å². The largest absolute Gasteiger partial charge is 0.457 e. The van der Waals surface area contributed by atoms with Crippen molar-refractivity contribution in [2.24, 2.45) is 5.73 Å². The zero-order valence-electron chi connectivity index (χ0n) is 13.2. The zero-order chi connectivity index (χ0) is 16.3. The van der Waals surface area contributed by atoms with Crippen molar-refractivity contribution in [2.75, 3.05) is 11.9 Å². The fourth-order valence-corrected chi connectivity index (χ4v) is 2.19. The number of carbonyl (C=O) groups is 1. The number of amides is 1. The summed E-state index contributed by atoms with van der Waals surface area (Å²) in [5.74, 6) is 1.42. The summed E-state index contributed by atoms with van der Waals surface area (Å²) in [6.07, 6.45) is 7.90. The number of benzene rings is 1. The van der Waals surface area contributed by atoms with Crippen LogP contribution in [0.2, 0.25) is 0 Å². The molecular weight excluding hydrogens is 290 g/mol. The second kappa shape index (κ2) is 9.58. The smallest absolute Gasteiger partial charge is 0.224 e. The molecule has 23 heavy (non-hydrogen) atoms. The molecule has 2 rings (SSSR count). The normalized spacial score (nSPS) is 10.3. The number of nitrogens with one attached hydrogen (secondary N) is 1. The lowest BCUT2D eigenvalue weighted by Crippen LogP contribution is -2.11. The van der Waals surface area contributed by atoms with Gasteiger partial charge in [-0.3, -0.25) is 9.78 Å². The summed E-state index contributed by atoms with van der Waals surface area (Å²) >= 11 is 0. The zero-order valence-corrected chi connectivity index (χ0v) is 13.2. The van der Waals surface area contributed by atoms with Crippen molar-refractivity contribution in [1.29, 1.82) is 0 Å². The minimum Gasteiger partial charge on any atom is -0.457 e. The molecule has 0 aliphatic rings. The first kappa shape index (κ1) is 17.0. The van der Waals surface area contributed by atoms with E-state index in [1.165, 1.54) is 0 Å². The molecule has 0 saturated heterocycles. The monoisotopic (exact) mass is 313 g/mol. The third-order valence-corrected chi connectivity index (χ3v) is 3.36. The third-order valence-electron chi connectivity index (χ3n) is 3.36. The fourth-order valence-electron chi connectivity index (χ4n) is 2.19. The second-order valence-corrected chi connectivity index (χ2v) is 5.31. The van der Waals surface area contributed by atoms with Gasteiger partial charge in [0, 0.05) is 30.6 Å². The minimum atomic E-state index is 0.0267. The standard InChI is InChI=1S/C18H23N3O2/c19-11-4-2-1-3-8-18(22)21-15-6-5-7-17(14-15)23-16-9-12-20-13-10-16/h5-7,9-10,12-14H,1-4,8,11,19H2,(H,21,22). The van der Waals surface area contributed by atoms with Gasteiger partial charge in [-0.2, -0.15) is 0 Å². The van der Waals surface area contributed by atoms with Gasteiger partial charge in [-0.15, -0.1) is 0 Å². The molecule has 0 fully saturated rings. The molecule has 0 spiro atoms. The molecule has 3 N–H and O–H groups in total. The van der Waals surface area contributed by atoms with Crippen LogP contribution in [0.4, 0.5) is 5.69 Å². The number of rotatable bonds is 9. The van der Waals surface area contributed by atoms with E-state index in [2.05, 4.69) is 10.3 Å². The van der Waals surface area contributed by atoms with Gasteiger partial charge in [0.2, 0.25) is 5.91 Å². The maximum absolute atomic E-state index is 11.9. The molecule has 0 saturated carbocycles. The number of unbranched alkanes of at least 4 members (excludes halogenated alkanes) is 3. The Balaban J connectivity index is 1.81. The summed E-state index contributed by atoms with van der Waals surface area (Å²) < 4.78 is 5.72. The number of hydrogen-bond acceptors (Lipinski definition) is 4. The summed E-state index contributed by atoms with van der Waals surface area (Å²) in [5, 5.41) is 2.90. The molecule has 1 aromatic carbocycles. The first-order valence-electron chi connectivity index (χ1n) is 7.96. The highest BCUT2D eigenvalue weighted by atomic mass is 16.5. The quantitative estimate of drug-likeness (QED) is 0.692. The minimum absolute atomic E-state index is 0.0267. The molecule has 0 bridgehead atoms. The summed E-state index contributed by atoms with van der Waals surface area (Å²) in [7, 11) is 0. The van der Waals surface area contributed by atoms with Crippen molar-refractivity contribution < 1.29 is 9.53 Å². The molecule has 5 heteroatoms. The van der Waals surface area contributed by atoms with E-state index in [0.717, 1.165) is 37.9 Å². The van der Waals surface area contributed by atoms with Gasteiger partial charge in [0.1, 0.15) is 11.5 Å². The van der Waals surface area contributed by atoms with Gasteiger partial charge in [0.05, 0.1) is 0 Å². The predicted molar refractivity (Wildman–Crippen MR) is 91.5 cm³/mol. The summed E-state index contributed by atoms with van der Waals surface area (Å²) in [4.78, 5) is 15.9. The first-order chi connectivity index (χ1) is 11.3. The van der Waals surface area contributed by atoms with Gasteiger partial charge in [-0.1, -0.05) is 18.9 Å². The Bertz CT molecular complexity index is 602. The Morgan fingerprint density at radius 3 is 2.61 bits per heavy atom. The fraction of sp³-hybridized carbons (Fsp3) is 0.333. The van der Waals surface area contributed by atoms with Gasteiger partial charge in [0.25, 0.3) is 0 Å². The number of pyridine rings is 1. The predicted octanol–water partition coefficient (Wildman–Crippen LogP) is 3.72. The highest BCUT2D eigenvalue weighted by Crippen LogP contribution is 2.23. The number of hydrogen-bond donors (Lipinski definition) is 2. The van der Waals surface area contributed by atoms with E-state index in [4.69, 9.17) is 10.5 Å². The Kier molecular flexibility index (Phi) is 7.07. The van der Waals surface area contributed by atoms with E-state index in [1.807, 2.05) is 24.3 Å². The van der Waals surface area contributed by atoms with E-state index < -0.39 is 0 Å². The molecule has 0 unspecified atom stereocenters. The molecule has 122 valence electrons. The van der Waals surface area contributed by atoms with Crippen LogP contribution in [-0.2, 0) is 4.79 Å². The van der Waals surface area contributed by atoms with Crippen LogP contribution in [0, 0.1) is 0 Å². The number of carbonyl (C=O) groups excluding carboxylic acids is 1. The van der Waals surface area contributed by atoms with Crippen molar-refractivity contribution in [2.45, 2.75) is 32.1 Å². The molecule has 0 aliphatic carbocycles. The molecule has 0 radical (unpaired) electrons. The highest BCUT2D eigenvalue weighted by molar-refractivity contribution is 5.90. The van der Waals surface area contributed by atoms with Crippen LogP contribution in [-0.4, -0.2) is 17.4 Å². The number of aromatic nitrogens is 1. The third kappa shape index (κ3) is 6.48. The van der Waals surface area contributed by atoms with Gasteiger partial charge in [-0.25, -0.2) is 0 Å². The van der Waals surface area contributed by atoms with Crippen LogP contribution in [0.3, 0.4) is 0 Å². The lowest BCUT2D eigenvalue weighted by atomic mass is 10.1. The van der Waals surface area contributed by atoms with Crippen LogP contribution in [0.25, 0.3) is 0 Å². The molecule has 1 aromatic heterocycles. The molecule has 0 aliphatic heterocycles. The average Bonchev–Trinajstić information content (AvgIpc) is 2.56. The van der Waals surface area contributed by atoms with Crippen molar-refractivity contribution in [1.82, 2.24) is 4.98 Å². The SMILES string of the molecule is NCCCCCCC(=O)Nc1cccc(Oc2ccncc2)c1. The van der Waals surface area contributed by atoms with E-state index in [1.54, 1.807) is 24.5 Å². The van der Waals surface area contributed by atoms with Gasteiger partial charge in [0.15, 0.2) is 0 Å². The molecule has 0 atom stereocenters. The van der Waals surface area contributed by atoms with E-state index in [9.17, 15) is 4.79 Å². The van der Waals surface area contributed by atoms with E-state index >= 15 is 0 Å². The number of nitrogens with two attached hydrogens (primary N) is 1. The van der Waals surface area contributed by atoms with Gasteiger partial charge in [-0.05, 0) is 43.7 Å². The summed E-state index contributed by atoms with van der Waals surface area (Å²) in [6, 6.07) is 10.9. The van der Waals surface area contributed by atoms with Gasteiger partial charge >= 0.3 is 0 Å². The second-order valence-electron chi connectivity index (χ2n) is 5.31. The maximum Gasteiger partial charge on any atom is 0.224 e. The van der Waals surface area contributed by atoms with Crippen molar-refractivity contribution >= 4 is 11.6 Å². The lowest BCUT2D eigenvalue weighted by Gasteiger charge is -2.09. The molecule has 5 nitrogen and oxygen atoms in total.